The van der Waals surface area contributed by atoms with Gasteiger partial charge >= 0.3 is 0 Å². The number of hydrogen-bond donors (Lipinski definition) is 1. The summed E-state index contributed by atoms with van der Waals surface area (Å²) in [6.07, 6.45) is 0.261. The van der Waals surface area contributed by atoms with Crippen LogP contribution >= 0.6 is 0 Å². The van der Waals surface area contributed by atoms with E-state index in [1.165, 1.54) is 0 Å². The molecule has 1 N–H and O–H groups in total. The maximum absolute atomic E-state index is 10.2. The monoisotopic (exact) mass is 220 g/mol. The van der Waals surface area contributed by atoms with E-state index < -0.39 is 6.10 Å². The van der Waals surface area contributed by atoms with E-state index in [1.807, 2.05) is 25.1 Å². The molecule has 0 radical (unpaired) electrons. The highest BCUT2D eigenvalue weighted by molar-refractivity contribution is 5.40. The molecular formula is C14H20O2. The molecule has 2 heteroatoms. The predicted octanol–water partition coefficient (Wildman–Crippen LogP) is 3.23. The second kappa shape index (κ2) is 3.77. The van der Waals surface area contributed by atoms with Gasteiger partial charge in [-0.25, -0.2) is 0 Å². The van der Waals surface area contributed by atoms with Crippen molar-refractivity contribution in [3.05, 3.63) is 29.3 Å². The summed E-state index contributed by atoms with van der Waals surface area (Å²) in [5, 5.41) is 10.2. The molecular weight excluding hydrogens is 200 g/mol. The van der Waals surface area contributed by atoms with Gasteiger partial charge in [0.2, 0.25) is 0 Å². The fourth-order valence-corrected chi connectivity index (χ4v) is 2.16. The zero-order valence-electron chi connectivity index (χ0n) is 10.4. The number of fused-ring (bicyclic) bond motifs is 1. The molecule has 0 spiro atoms. The zero-order chi connectivity index (χ0) is 11.9. The molecule has 88 valence electrons. The maximum atomic E-state index is 10.2. The Morgan fingerprint density at radius 2 is 2.12 bits per heavy atom. The molecule has 1 unspecified atom stereocenters. The highest BCUT2D eigenvalue weighted by Gasteiger charge is 2.38. The van der Waals surface area contributed by atoms with E-state index in [0.717, 1.165) is 16.9 Å². The minimum atomic E-state index is -0.406. The average Bonchev–Trinajstić information content (AvgIpc) is 2.19. The number of rotatable bonds is 1. The first-order valence-corrected chi connectivity index (χ1v) is 5.90. The molecule has 0 saturated heterocycles. The Morgan fingerprint density at radius 3 is 2.75 bits per heavy atom. The van der Waals surface area contributed by atoms with Gasteiger partial charge in [-0.1, -0.05) is 25.5 Å². The molecule has 1 aromatic carbocycles. The lowest BCUT2D eigenvalue weighted by Crippen LogP contribution is -2.42. The van der Waals surface area contributed by atoms with Crippen molar-refractivity contribution in [3.8, 4) is 5.75 Å². The lowest BCUT2D eigenvalue weighted by molar-refractivity contribution is -0.0322. The third-order valence-electron chi connectivity index (χ3n) is 3.69. The Hall–Kier alpha value is -1.02. The van der Waals surface area contributed by atoms with Crippen LogP contribution in [-0.2, 0) is 0 Å². The summed E-state index contributed by atoms with van der Waals surface area (Å²) < 4.78 is 6.05. The fraction of sp³-hybridized carbons (Fsp3) is 0.571. The number of ether oxygens (including phenoxy) is 1. The smallest absolute Gasteiger partial charge is 0.125 e. The van der Waals surface area contributed by atoms with Crippen LogP contribution in [0.5, 0.6) is 5.75 Å². The van der Waals surface area contributed by atoms with Crippen molar-refractivity contribution in [1.29, 1.82) is 0 Å². The van der Waals surface area contributed by atoms with Gasteiger partial charge in [0.1, 0.15) is 11.4 Å². The third-order valence-corrected chi connectivity index (χ3v) is 3.69. The van der Waals surface area contributed by atoms with Crippen LogP contribution in [0.1, 0.15) is 44.4 Å². The minimum absolute atomic E-state index is 0.262. The van der Waals surface area contributed by atoms with Crippen LogP contribution in [0.2, 0.25) is 0 Å². The van der Waals surface area contributed by atoms with E-state index in [2.05, 4.69) is 20.8 Å². The Balaban J connectivity index is 2.40. The Labute approximate surface area is 97.3 Å². The second-order valence-electron chi connectivity index (χ2n) is 5.33. The molecule has 1 aliphatic heterocycles. The normalized spacial score (nSPS) is 28.8. The molecule has 1 aromatic rings. The number of benzene rings is 1. The highest BCUT2D eigenvalue weighted by atomic mass is 16.5. The number of aliphatic hydroxyl groups excluding tert-OH is 1. The molecule has 0 bridgehead atoms. The number of aryl methyl sites for hydroxylation is 1. The van der Waals surface area contributed by atoms with Crippen LogP contribution in [-0.4, -0.2) is 10.7 Å². The topological polar surface area (TPSA) is 29.5 Å². The molecule has 0 saturated carbocycles. The van der Waals surface area contributed by atoms with Crippen molar-refractivity contribution in [1.82, 2.24) is 0 Å². The van der Waals surface area contributed by atoms with Crippen molar-refractivity contribution in [2.75, 3.05) is 0 Å². The molecule has 16 heavy (non-hydrogen) atoms. The first-order valence-electron chi connectivity index (χ1n) is 5.90. The van der Waals surface area contributed by atoms with Gasteiger partial charge in [0.15, 0.2) is 0 Å². The summed E-state index contributed by atoms with van der Waals surface area (Å²) in [5.74, 6) is 1.22. The Morgan fingerprint density at radius 1 is 1.44 bits per heavy atom. The van der Waals surface area contributed by atoms with Crippen LogP contribution in [0.15, 0.2) is 18.2 Å². The first kappa shape index (κ1) is 11.5. The SMILES string of the molecule is Cc1ccc2c(c1)[C@H](O)CC(C)(C(C)C)O2. The van der Waals surface area contributed by atoms with E-state index in [1.54, 1.807) is 0 Å². The summed E-state index contributed by atoms with van der Waals surface area (Å²) in [6.45, 7) is 8.37. The van der Waals surface area contributed by atoms with Gasteiger partial charge in [0.05, 0.1) is 6.10 Å². The van der Waals surface area contributed by atoms with Crippen LogP contribution < -0.4 is 4.74 Å². The minimum Gasteiger partial charge on any atom is -0.487 e. The van der Waals surface area contributed by atoms with Gasteiger partial charge in [-0.3, -0.25) is 0 Å². The summed E-state index contributed by atoms with van der Waals surface area (Å²) in [6, 6.07) is 6.01. The second-order valence-corrected chi connectivity index (χ2v) is 5.33. The lowest BCUT2D eigenvalue weighted by atomic mass is 9.82. The maximum Gasteiger partial charge on any atom is 0.125 e. The van der Waals surface area contributed by atoms with Crippen LogP contribution in [0, 0.1) is 12.8 Å². The molecule has 1 aliphatic rings. The molecule has 2 nitrogen and oxygen atoms in total. The molecule has 0 amide bonds. The molecule has 2 rings (SSSR count). The summed E-state index contributed by atoms with van der Waals surface area (Å²) >= 11 is 0. The summed E-state index contributed by atoms with van der Waals surface area (Å²) in [7, 11) is 0. The first-order chi connectivity index (χ1) is 7.42. The zero-order valence-corrected chi connectivity index (χ0v) is 10.4. The fourth-order valence-electron chi connectivity index (χ4n) is 2.16. The predicted molar refractivity (Wildman–Crippen MR) is 64.6 cm³/mol. The molecule has 0 aromatic heterocycles. The van der Waals surface area contributed by atoms with Gasteiger partial charge in [-0.2, -0.15) is 0 Å². The van der Waals surface area contributed by atoms with Crippen molar-refractivity contribution < 1.29 is 9.84 Å². The van der Waals surface area contributed by atoms with E-state index in [4.69, 9.17) is 4.74 Å². The van der Waals surface area contributed by atoms with Gasteiger partial charge in [-0.15, -0.1) is 0 Å². The third kappa shape index (κ3) is 1.82. The quantitative estimate of drug-likeness (QED) is 0.787. The Bertz CT molecular complexity index is 398. The highest BCUT2D eigenvalue weighted by Crippen LogP contribution is 2.42. The largest absolute Gasteiger partial charge is 0.487 e. The van der Waals surface area contributed by atoms with Crippen LogP contribution in [0.4, 0.5) is 0 Å². The van der Waals surface area contributed by atoms with Crippen molar-refractivity contribution in [2.45, 2.75) is 45.8 Å². The van der Waals surface area contributed by atoms with Gasteiger partial charge in [0, 0.05) is 12.0 Å². The summed E-state index contributed by atoms with van der Waals surface area (Å²) in [4.78, 5) is 0. The molecule has 2 atom stereocenters. The molecule has 0 aliphatic carbocycles. The van der Waals surface area contributed by atoms with Crippen molar-refractivity contribution in [2.24, 2.45) is 5.92 Å². The van der Waals surface area contributed by atoms with E-state index in [-0.39, 0.29) is 5.60 Å². The van der Waals surface area contributed by atoms with Gasteiger partial charge < -0.3 is 9.84 Å². The number of aliphatic hydroxyl groups is 1. The van der Waals surface area contributed by atoms with E-state index in [0.29, 0.717) is 12.3 Å². The van der Waals surface area contributed by atoms with E-state index in [9.17, 15) is 5.11 Å². The van der Waals surface area contributed by atoms with Crippen molar-refractivity contribution in [3.63, 3.8) is 0 Å². The Kier molecular flexibility index (Phi) is 2.70. The van der Waals surface area contributed by atoms with Gasteiger partial charge in [0.25, 0.3) is 0 Å². The van der Waals surface area contributed by atoms with Crippen LogP contribution in [0.25, 0.3) is 0 Å². The van der Waals surface area contributed by atoms with Crippen molar-refractivity contribution >= 4 is 0 Å². The number of hydrogen-bond acceptors (Lipinski definition) is 2. The standard InChI is InChI=1S/C14H20O2/c1-9(2)14(4)8-12(15)11-7-10(3)5-6-13(11)16-14/h5-7,9,12,15H,8H2,1-4H3/t12-,14?/m1/s1. The molecule has 0 fully saturated rings. The summed E-state index contributed by atoms with van der Waals surface area (Å²) in [5.41, 5.74) is 1.83. The molecule has 1 heterocycles. The lowest BCUT2D eigenvalue weighted by Gasteiger charge is -2.41. The average molecular weight is 220 g/mol. The van der Waals surface area contributed by atoms with Gasteiger partial charge in [-0.05, 0) is 31.9 Å². The van der Waals surface area contributed by atoms with Crippen LogP contribution in [0.3, 0.4) is 0 Å². The van der Waals surface area contributed by atoms with E-state index >= 15 is 0 Å².